The number of nitrogens with zero attached hydrogens (tertiary/aromatic N) is 1. The van der Waals surface area contributed by atoms with E-state index in [9.17, 15) is 24.6 Å². The van der Waals surface area contributed by atoms with E-state index in [4.69, 9.17) is 4.74 Å². The molecule has 4 N–H and O–H groups in total. The molecule has 0 aliphatic rings. The molecule has 0 radical (unpaired) electrons. The van der Waals surface area contributed by atoms with Gasteiger partial charge in [0.05, 0.1) is 6.61 Å². The van der Waals surface area contributed by atoms with Gasteiger partial charge in [-0.2, -0.15) is 0 Å². The number of hydrogen-bond acceptors (Lipinski definition) is 6. The lowest BCUT2D eigenvalue weighted by molar-refractivity contribution is -0.146. The maximum atomic E-state index is 13.6. The van der Waals surface area contributed by atoms with Crippen LogP contribution in [0.4, 0.5) is 4.79 Å². The van der Waals surface area contributed by atoms with Crippen molar-refractivity contribution < 1.29 is 29.3 Å². The minimum atomic E-state index is -1.32. The molecule has 9 nitrogen and oxygen atoms in total. The molecule has 0 saturated heterocycles. The van der Waals surface area contributed by atoms with Crippen LogP contribution in [0.15, 0.2) is 24.3 Å². The highest BCUT2D eigenvalue weighted by molar-refractivity contribution is 5.92. The monoisotopic (exact) mass is 465 g/mol. The van der Waals surface area contributed by atoms with E-state index in [1.807, 2.05) is 27.7 Å². The standard InChI is InChI=1S/C24H39N3O6/c1-9-15(2)27(21(31)18(14-28)25-22(32)33-24(6,7)8)19(20(30)26-23(3,4)5)16-11-10-12-17(29)13-16/h10-13,15,18-19,28-29H,9,14H2,1-8H3,(H,25,32)(H,26,30). The Labute approximate surface area is 196 Å². The van der Waals surface area contributed by atoms with Crippen molar-refractivity contribution in [3.63, 3.8) is 0 Å². The Bertz CT molecular complexity index is 828. The van der Waals surface area contributed by atoms with Gasteiger partial charge in [0, 0.05) is 11.6 Å². The Morgan fingerprint density at radius 3 is 2.18 bits per heavy atom. The lowest BCUT2D eigenvalue weighted by atomic mass is 9.98. The van der Waals surface area contributed by atoms with Crippen molar-refractivity contribution in [3.05, 3.63) is 29.8 Å². The van der Waals surface area contributed by atoms with Crippen molar-refractivity contribution in [2.75, 3.05) is 6.61 Å². The molecule has 0 heterocycles. The van der Waals surface area contributed by atoms with Crippen molar-refractivity contribution in [1.29, 1.82) is 0 Å². The number of aromatic hydroxyl groups is 1. The molecule has 9 heteroatoms. The number of aliphatic hydroxyl groups excluding tert-OH is 1. The van der Waals surface area contributed by atoms with Crippen molar-refractivity contribution >= 4 is 17.9 Å². The number of amides is 3. The molecule has 0 spiro atoms. The van der Waals surface area contributed by atoms with Crippen LogP contribution in [-0.4, -0.2) is 62.9 Å². The maximum absolute atomic E-state index is 13.6. The van der Waals surface area contributed by atoms with Gasteiger partial charge in [-0.3, -0.25) is 9.59 Å². The summed E-state index contributed by atoms with van der Waals surface area (Å²) in [7, 11) is 0. The van der Waals surface area contributed by atoms with Gasteiger partial charge in [-0.05, 0) is 72.6 Å². The van der Waals surface area contributed by atoms with Gasteiger partial charge < -0.3 is 30.5 Å². The minimum Gasteiger partial charge on any atom is -0.508 e. The normalized spacial score (nSPS) is 14.6. The highest BCUT2D eigenvalue weighted by Gasteiger charge is 2.39. The third-order valence-electron chi connectivity index (χ3n) is 4.70. The Hall–Kier alpha value is -2.81. The number of alkyl carbamates (subject to hydrolysis) is 1. The zero-order valence-electron chi connectivity index (χ0n) is 20.9. The SMILES string of the molecule is CCC(C)N(C(=O)C(CO)NC(=O)OC(C)(C)C)C(C(=O)NC(C)(C)C)c1cccc(O)c1. The molecule has 1 rings (SSSR count). The number of hydrogen-bond donors (Lipinski definition) is 4. The summed E-state index contributed by atoms with van der Waals surface area (Å²) in [6.07, 6.45) is -0.346. The second-order valence-corrected chi connectivity index (χ2v) is 10.1. The summed E-state index contributed by atoms with van der Waals surface area (Å²) >= 11 is 0. The first kappa shape index (κ1) is 28.2. The molecule has 0 aliphatic heterocycles. The molecular formula is C24H39N3O6. The summed E-state index contributed by atoms with van der Waals surface area (Å²) < 4.78 is 5.22. The average Bonchev–Trinajstić information content (AvgIpc) is 2.66. The van der Waals surface area contributed by atoms with Gasteiger partial charge in [-0.15, -0.1) is 0 Å². The predicted molar refractivity (Wildman–Crippen MR) is 126 cm³/mol. The predicted octanol–water partition coefficient (Wildman–Crippen LogP) is 2.86. The Balaban J connectivity index is 3.46. The second-order valence-electron chi connectivity index (χ2n) is 10.1. The van der Waals surface area contributed by atoms with Crippen LogP contribution in [0.25, 0.3) is 0 Å². The fourth-order valence-corrected chi connectivity index (χ4v) is 3.18. The van der Waals surface area contributed by atoms with E-state index < -0.39 is 53.8 Å². The minimum absolute atomic E-state index is 0.0526. The zero-order valence-corrected chi connectivity index (χ0v) is 20.9. The van der Waals surface area contributed by atoms with Gasteiger partial charge in [0.2, 0.25) is 11.8 Å². The van der Waals surface area contributed by atoms with Gasteiger partial charge in [0.15, 0.2) is 0 Å². The van der Waals surface area contributed by atoms with Gasteiger partial charge in [0.25, 0.3) is 0 Å². The van der Waals surface area contributed by atoms with Crippen molar-refractivity contribution in [1.82, 2.24) is 15.5 Å². The summed E-state index contributed by atoms with van der Waals surface area (Å²) in [4.78, 5) is 40.6. The summed E-state index contributed by atoms with van der Waals surface area (Å²) in [5, 5.41) is 25.2. The number of benzene rings is 1. The molecule has 3 unspecified atom stereocenters. The van der Waals surface area contributed by atoms with E-state index >= 15 is 0 Å². The third-order valence-corrected chi connectivity index (χ3v) is 4.70. The highest BCUT2D eigenvalue weighted by Crippen LogP contribution is 2.28. The lowest BCUT2D eigenvalue weighted by Crippen LogP contribution is -2.57. The first-order valence-corrected chi connectivity index (χ1v) is 11.1. The summed E-state index contributed by atoms with van der Waals surface area (Å²) in [6, 6.07) is 3.27. The van der Waals surface area contributed by atoms with Crippen LogP contribution in [0.5, 0.6) is 5.75 Å². The Morgan fingerprint density at radius 2 is 1.73 bits per heavy atom. The molecule has 33 heavy (non-hydrogen) atoms. The second kappa shape index (κ2) is 11.4. The van der Waals surface area contributed by atoms with E-state index in [0.717, 1.165) is 0 Å². The zero-order chi connectivity index (χ0) is 25.6. The van der Waals surface area contributed by atoms with Gasteiger partial charge >= 0.3 is 6.09 Å². The first-order valence-electron chi connectivity index (χ1n) is 11.1. The van der Waals surface area contributed by atoms with E-state index in [2.05, 4.69) is 10.6 Å². The largest absolute Gasteiger partial charge is 0.508 e. The number of ether oxygens (including phenoxy) is 1. The number of carbonyl (C=O) groups is 3. The Kier molecular flexibility index (Phi) is 9.71. The average molecular weight is 466 g/mol. The van der Waals surface area contributed by atoms with E-state index in [1.165, 1.54) is 17.0 Å². The van der Waals surface area contributed by atoms with Gasteiger partial charge in [-0.25, -0.2) is 4.79 Å². The number of nitrogens with one attached hydrogen (secondary N) is 2. The molecule has 0 aromatic heterocycles. The molecular weight excluding hydrogens is 426 g/mol. The topological polar surface area (TPSA) is 128 Å². The molecule has 0 fully saturated rings. The molecule has 0 saturated carbocycles. The fraction of sp³-hybridized carbons (Fsp3) is 0.625. The number of carbonyl (C=O) groups excluding carboxylic acids is 3. The van der Waals surface area contributed by atoms with Gasteiger partial charge in [0.1, 0.15) is 23.4 Å². The molecule has 1 aromatic carbocycles. The van der Waals surface area contributed by atoms with Gasteiger partial charge in [-0.1, -0.05) is 19.1 Å². The van der Waals surface area contributed by atoms with Crippen LogP contribution in [0.1, 0.15) is 73.4 Å². The highest BCUT2D eigenvalue weighted by atomic mass is 16.6. The molecule has 0 aliphatic carbocycles. The van der Waals surface area contributed by atoms with Crippen LogP contribution in [-0.2, 0) is 14.3 Å². The van der Waals surface area contributed by atoms with Crippen LogP contribution in [0, 0.1) is 0 Å². The summed E-state index contributed by atoms with van der Waals surface area (Å²) in [5.41, 5.74) is -0.971. The van der Waals surface area contributed by atoms with E-state index in [0.29, 0.717) is 12.0 Å². The number of aliphatic hydroxyl groups is 1. The van der Waals surface area contributed by atoms with E-state index in [1.54, 1.807) is 39.8 Å². The molecule has 3 atom stereocenters. The number of phenols is 1. The number of rotatable bonds is 8. The number of phenolic OH excluding ortho intramolecular Hbond substituents is 1. The quantitative estimate of drug-likeness (QED) is 0.467. The Morgan fingerprint density at radius 1 is 1.12 bits per heavy atom. The molecule has 0 bridgehead atoms. The maximum Gasteiger partial charge on any atom is 0.408 e. The third kappa shape index (κ3) is 8.92. The molecule has 186 valence electrons. The summed E-state index contributed by atoms with van der Waals surface area (Å²) in [6.45, 7) is 13.5. The molecule has 3 amide bonds. The van der Waals surface area contributed by atoms with Crippen LogP contribution in [0.2, 0.25) is 0 Å². The first-order chi connectivity index (χ1) is 15.1. The van der Waals surface area contributed by atoms with Crippen LogP contribution in [0.3, 0.4) is 0 Å². The van der Waals surface area contributed by atoms with Crippen molar-refractivity contribution in [2.45, 2.75) is 91.1 Å². The smallest absolute Gasteiger partial charge is 0.408 e. The van der Waals surface area contributed by atoms with Crippen LogP contribution < -0.4 is 10.6 Å². The van der Waals surface area contributed by atoms with Crippen LogP contribution >= 0.6 is 0 Å². The fourth-order valence-electron chi connectivity index (χ4n) is 3.18. The summed E-state index contributed by atoms with van der Waals surface area (Å²) in [5.74, 6) is -1.14. The molecule has 1 aromatic rings. The van der Waals surface area contributed by atoms with Crippen molar-refractivity contribution in [3.8, 4) is 5.75 Å². The lowest BCUT2D eigenvalue weighted by Gasteiger charge is -2.39. The van der Waals surface area contributed by atoms with Crippen molar-refractivity contribution in [2.24, 2.45) is 0 Å². The van der Waals surface area contributed by atoms with E-state index in [-0.39, 0.29) is 5.75 Å².